The van der Waals surface area contributed by atoms with E-state index in [1.54, 1.807) is 0 Å². The summed E-state index contributed by atoms with van der Waals surface area (Å²) in [6.45, 7) is 60.9. The summed E-state index contributed by atoms with van der Waals surface area (Å²) in [4.78, 5) is 0. The van der Waals surface area contributed by atoms with Crippen LogP contribution in [0.5, 0.6) is 0 Å². The Bertz CT molecular complexity index is 3150. The van der Waals surface area contributed by atoms with Gasteiger partial charge in [0.2, 0.25) is 0 Å². The minimum atomic E-state index is 0.551. The first-order valence-electron chi connectivity index (χ1n) is 54.4. The lowest BCUT2D eigenvalue weighted by Gasteiger charge is -2.58. The summed E-state index contributed by atoms with van der Waals surface area (Å²) >= 11 is 0. The van der Waals surface area contributed by atoms with Gasteiger partial charge in [-0.05, 0) is 414 Å². The van der Waals surface area contributed by atoms with Crippen LogP contribution in [0.15, 0.2) is 46.6 Å². The van der Waals surface area contributed by atoms with Gasteiger partial charge in [-0.1, -0.05) is 322 Å². The Morgan fingerprint density at radius 1 is 0.274 bits per heavy atom. The van der Waals surface area contributed by atoms with Gasteiger partial charge in [0.25, 0.3) is 0 Å². The van der Waals surface area contributed by atoms with E-state index in [0.29, 0.717) is 43.3 Å². The van der Waals surface area contributed by atoms with E-state index in [1.807, 2.05) is 22.3 Å². The van der Waals surface area contributed by atoms with Crippen LogP contribution in [0.3, 0.4) is 0 Å². The fourth-order valence-electron chi connectivity index (χ4n) is 36.8. The molecule has 0 aromatic heterocycles. The molecule has 0 amide bonds. The summed E-state index contributed by atoms with van der Waals surface area (Å²) in [5.74, 6) is 27.1. The van der Waals surface area contributed by atoms with Crippen LogP contribution >= 0.6 is 0 Å². The maximum atomic E-state index is 2.79. The van der Waals surface area contributed by atoms with Gasteiger partial charge >= 0.3 is 0 Å². The van der Waals surface area contributed by atoms with Gasteiger partial charge in [0, 0.05) is 0 Å². The molecule has 0 N–H and O–H groups in total. The Labute approximate surface area is 731 Å². The minimum Gasteiger partial charge on any atom is -0.0845 e. The second-order valence-electron chi connectivity index (χ2n) is 51.8. The third-order valence-corrected chi connectivity index (χ3v) is 43.7. The molecule has 0 bridgehead atoms. The van der Waals surface area contributed by atoms with Crippen molar-refractivity contribution < 1.29 is 0 Å². The lowest BCUT2D eigenvalue weighted by Crippen LogP contribution is -2.50. The average molecular weight is 1610 g/mol. The molecule has 0 nitrogen and oxygen atoms in total. The summed E-state index contributed by atoms with van der Waals surface area (Å²) in [5, 5.41) is 0. The number of allylic oxidation sites excluding steroid dienone is 8. The van der Waals surface area contributed by atoms with E-state index >= 15 is 0 Å². The SMILES string of the molecule is CC(C)CCC[C@@H](C)[C@H]1CC[C@H]2[C@@H]3CC=C4C[C@@H](C)CC[C@]4(C)[C@H]3CC[C@]12C.CCC[C@@H]1CC[C@@]2(C)C(=CC[C@H]3[C@@H]4CC[C@H]([C@H](C)CCCC(C)C)[C@@]4(C)CC[C@@H]32)C1.CCC[C@H]1CC[C@@]2(C)C(=CC[C@H]3[C@@H]4CC[C@H]([C@H](C)CCCC(C)C)[C@@]4(C)CC[C@@H]32)C1.CC[C@H]1CC[C@@]2(C)C(=CC[C@H]3[C@@H]4CC[C@H]([C@H](C)CCCC(C)C)[C@@]4(C)CC[C@@H]32)C1. The van der Waals surface area contributed by atoms with E-state index in [9.17, 15) is 0 Å². The molecule has 32 atom stereocenters. The zero-order valence-electron chi connectivity index (χ0n) is 83.1. The first-order chi connectivity index (χ1) is 55.6. The van der Waals surface area contributed by atoms with E-state index in [0.717, 1.165) is 166 Å². The van der Waals surface area contributed by atoms with Crippen molar-refractivity contribution in [2.75, 3.05) is 0 Å². The van der Waals surface area contributed by atoms with Gasteiger partial charge in [0.15, 0.2) is 0 Å². The second kappa shape index (κ2) is 38.9. The van der Waals surface area contributed by atoms with Crippen LogP contribution in [-0.4, -0.2) is 0 Å². The quantitative estimate of drug-likeness (QED) is 0.0799. The Hall–Kier alpha value is -1.04. The predicted octanol–water partition coefficient (Wildman–Crippen LogP) is 36.6. The highest BCUT2D eigenvalue weighted by Gasteiger charge is 2.64. The number of hydrogen-bond acceptors (Lipinski definition) is 0. The summed E-state index contributed by atoms with van der Waals surface area (Å²) in [6.07, 6.45) is 83.2. The molecule has 0 heterocycles. The van der Waals surface area contributed by atoms with Gasteiger partial charge in [-0.25, -0.2) is 0 Å². The van der Waals surface area contributed by atoms with Gasteiger partial charge < -0.3 is 0 Å². The molecule has 16 aliphatic rings. The summed E-state index contributed by atoms with van der Waals surface area (Å²) in [5.41, 5.74) is 12.3. The van der Waals surface area contributed by atoms with Gasteiger partial charge in [0.05, 0.1) is 0 Å². The van der Waals surface area contributed by atoms with Crippen molar-refractivity contribution in [1.82, 2.24) is 0 Å². The Kier molecular flexibility index (Phi) is 31.1. The molecule has 670 valence electrons. The molecular weight excluding hydrogens is 1410 g/mol. The van der Waals surface area contributed by atoms with Crippen molar-refractivity contribution in [3.8, 4) is 0 Å². The van der Waals surface area contributed by atoms with Gasteiger partial charge in [-0.3, -0.25) is 0 Å². The summed E-state index contributed by atoms with van der Waals surface area (Å²) in [7, 11) is 0. The molecule has 0 heteroatoms. The van der Waals surface area contributed by atoms with E-state index in [1.165, 1.54) is 315 Å². The van der Waals surface area contributed by atoms with Crippen molar-refractivity contribution in [1.29, 1.82) is 0 Å². The van der Waals surface area contributed by atoms with Gasteiger partial charge in [0.1, 0.15) is 0 Å². The molecule has 16 aliphatic carbocycles. The van der Waals surface area contributed by atoms with Crippen molar-refractivity contribution in [2.45, 2.75) is 481 Å². The Morgan fingerprint density at radius 2 is 0.521 bits per heavy atom. The molecule has 0 aliphatic heterocycles. The van der Waals surface area contributed by atoms with Crippen LogP contribution < -0.4 is 0 Å². The predicted molar refractivity (Wildman–Crippen MR) is 512 cm³/mol. The monoisotopic (exact) mass is 1610 g/mol. The first kappa shape index (κ1) is 93.6. The van der Waals surface area contributed by atoms with E-state index < -0.39 is 0 Å². The van der Waals surface area contributed by atoms with Crippen LogP contribution in [0.1, 0.15) is 481 Å². The third-order valence-electron chi connectivity index (χ3n) is 43.7. The molecule has 117 heavy (non-hydrogen) atoms. The number of rotatable bonds is 25. The second-order valence-corrected chi connectivity index (χ2v) is 51.8. The number of fused-ring (bicyclic) bond motifs is 20. The van der Waals surface area contributed by atoms with Crippen molar-refractivity contribution >= 4 is 0 Å². The average Bonchev–Trinajstić information content (AvgIpc) is 1.68. The summed E-state index contributed by atoms with van der Waals surface area (Å²) in [6, 6.07) is 0. The standard InChI is InChI=1S/2C30H52.C29H50.C28H48/c2*1-7-9-23-16-18-29(5)24(20-23)12-13-25-27-15-14-26(22(4)11-8-10-21(2)3)30(27,6)19-17-28(25)29;1-7-22-15-17-28(5)23(19-22)11-12-24-26-14-13-25(21(4)10-8-9-20(2)3)29(26,6)18-16-27(24)28;1-19(2)8-7-9-21(4)24-12-13-25-23-11-10-22-18-20(3)14-16-27(22,5)26(23)15-17-28(24,25)6/h2*12,21-23,25-28H,7-11,13-20H2,1-6H3;11,20-22,24-27H,7-10,12-19H2,1-6H3;10,19-21,23-26H,7-9,11-18H2,1-6H3/t22-,23+,25+,26-,27+,28+,29+,30-;22-,23-,25+,26-,27+,28+,29+,30-;21-,22+,24+,25-,26+,27+,28+,29-;20-,21+,23-,24+,25-,26-,27-,28+/m1110/s1. The van der Waals surface area contributed by atoms with E-state index in [4.69, 9.17) is 0 Å². The maximum absolute atomic E-state index is 2.79. The largest absolute Gasteiger partial charge is 0.0845 e. The molecule has 0 saturated heterocycles. The molecule has 0 unspecified atom stereocenters. The Morgan fingerprint density at radius 3 is 0.778 bits per heavy atom. The molecule has 16 rings (SSSR count). The van der Waals surface area contributed by atoms with Crippen LogP contribution in [0.2, 0.25) is 0 Å². The topological polar surface area (TPSA) is 0 Å². The molecule has 12 saturated carbocycles. The fraction of sp³-hybridized carbons (Fsp3) is 0.932. The molecular formula is C117H202. The highest BCUT2D eigenvalue weighted by molar-refractivity contribution is 5.30. The molecule has 0 spiro atoms. The zero-order chi connectivity index (χ0) is 84.0. The van der Waals surface area contributed by atoms with Crippen molar-refractivity contribution in [3.05, 3.63) is 46.6 Å². The van der Waals surface area contributed by atoms with Crippen molar-refractivity contribution in [3.63, 3.8) is 0 Å². The van der Waals surface area contributed by atoms with Crippen LogP contribution in [0, 0.1) is 209 Å². The third kappa shape index (κ3) is 18.9. The fourth-order valence-corrected chi connectivity index (χ4v) is 36.8. The number of hydrogen-bond donors (Lipinski definition) is 0. The maximum Gasteiger partial charge on any atom is -0.00851 e. The zero-order valence-corrected chi connectivity index (χ0v) is 83.1. The normalized spacial score (nSPS) is 45.1. The molecule has 0 aromatic carbocycles. The van der Waals surface area contributed by atoms with Gasteiger partial charge in [-0.2, -0.15) is 0 Å². The summed E-state index contributed by atoms with van der Waals surface area (Å²) < 4.78 is 0. The Balaban J connectivity index is 0.000000136. The van der Waals surface area contributed by atoms with Crippen LogP contribution in [0.25, 0.3) is 0 Å². The van der Waals surface area contributed by atoms with Gasteiger partial charge in [-0.15, -0.1) is 0 Å². The van der Waals surface area contributed by atoms with Crippen LogP contribution in [-0.2, 0) is 0 Å². The minimum absolute atomic E-state index is 0.551. The van der Waals surface area contributed by atoms with Crippen molar-refractivity contribution in [2.24, 2.45) is 209 Å². The lowest BCUT2D eigenvalue weighted by atomic mass is 9.46. The van der Waals surface area contributed by atoms with E-state index in [2.05, 4.69) is 190 Å². The lowest BCUT2D eigenvalue weighted by molar-refractivity contribution is -0.0529. The molecule has 12 fully saturated rings. The highest BCUT2D eigenvalue weighted by atomic mass is 14.7. The highest BCUT2D eigenvalue weighted by Crippen LogP contribution is 2.73. The first-order valence-corrected chi connectivity index (χ1v) is 54.4. The van der Waals surface area contributed by atoms with Crippen LogP contribution in [0.4, 0.5) is 0 Å². The smallest absolute Gasteiger partial charge is 0.00851 e. The molecule has 0 radical (unpaired) electrons. The van der Waals surface area contributed by atoms with E-state index in [-0.39, 0.29) is 0 Å². The molecule has 0 aromatic rings.